The molecule has 0 radical (unpaired) electrons. The van der Waals surface area contributed by atoms with Gasteiger partial charge in [-0.3, -0.25) is 4.79 Å². The summed E-state index contributed by atoms with van der Waals surface area (Å²) in [5.41, 5.74) is 6.18. The van der Waals surface area contributed by atoms with Crippen molar-refractivity contribution >= 4 is 21.7 Å². The minimum Gasteiger partial charge on any atom is -0.469 e. The summed E-state index contributed by atoms with van der Waals surface area (Å²) in [6.07, 6.45) is -0.140. The standard InChI is InChI=1S/C11H15FN2O4S/c1-7-5-8(12)10(6-9(7)13)19(16,17)14-4-3-11(15)18-2/h5-6,14H,3-4,13H2,1-2H3. The maximum atomic E-state index is 13.6. The second-order valence-corrected chi connectivity index (χ2v) is 5.60. The molecular formula is C11H15FN2O4S. The number of nitrogen functional groups attached to an aromatic ring is 1. The number of sulfonamides is 1. The van der Waals surface area contributed by atoms with Crippen molar-refractivity contribution in [1.82, 2.24) is 4.72 Å². The first-order valence-electron chi connectivity index (χ1n) is 5.40. The van der Waals surface area contributed by atoms with Gasteiger partial charge in [0, 0.05) is 12.2 Å². The van der Waals surface area contributed by atoms with Crippen molar-refractivity contribution in [2.75, 3.05) is 19.4 Å². The first kappa shape index (κ1) is 15.4. The Kier molecular flexibility index (Phi) is 4.84. The average molecular weight is 290 g/mol. The fourth-order valence-electron chi connectivity index (χ4n) is 1.34. The molecule has 0 aliphatic rings. The maximum absolute atomic E-state index is 13.6. The van der Waals surface area contributed by atoms with E-state index >= 15 is 0 Å². The number of carbonyl (C=O) groups is 1. The topological polar surface area (TPSA) is 98.5 Å². The Morgan fingerprint density at radius 1 is 1.47 bits per heavy atom. The van der Waals surface area contributed by atoms with E-state index in [4.69, 9.17) is 5.73 Å². The van der Waals surface area contributed by atoms with Crippen molar-refractivity contribution in [3.05, 3.63) is 23.5 Å². The number of anilines is 1. The van der Waals surface area contributed by atoms with Gasteiger partial charge in [-0.2, -0.15) is 0 Å². The molecule has 0 saturated carbocycles. The van der Waals surface area contributed by atoms with Gasteiger partial charge in [0.25, 0.3) is 0 Å². The zero-order chi connectivity index (χ0) is 14.6. The molecule has 1 aromatic rings. The molecule has 0 aliphatic heterocycles. The number of carbonyl (C=O) groups excluding carboxylic acids is 1. The fraction of sp³-hybridized carbons (Fsp3) is 0.364. The monoisotopic (exact) mass is 290 g/mol. The number of nitrogens with two attached hydrogens (primary N) is 1. The number of aryl methyl sites for hydroxylation is 1. The summed E-state index contributed by atoms with van der Waals surface area (Å²) in [5, 5.41) is 0. The van der Waals surface area contributed by atoms with E-state index < -0.39 is 26.7 Å². The molecule has 8 heteroatoms. The number of hydrogen-bond acceptors (Lipinski definition) is 5. The number of rotatable bonds is 5. The van der Waals surface area contributed by atoms with Crippen LogP contribution in [0.25, 0.3) is 0 Å². The zero-order valence-corrected chi connectivity index (χ0v) is 11.4. The van der Waals surface area contributed by atoms with Crippen molar-refractivity contribution in [2.24, 2.45) is 0 Å². The number of halogens is 1. The highest BCUT2D eigenvalue weighted by molar-refractivity contribution is 7.89. The Bertz CT molecular complexity index is 587. The van der Waals surface area contributed by atoms with Crippen LogP contribution in [-0.2, 0) is 19.6 Å². The van der Waals surface area contributed by atoms with E-state index in [0.29, 0.717) is 5.56 Å². The van der Waals surface area contributed by atoms with Gasteiger partial charge < -0.3 is 10.5 Å². The van der Waals surface area contributed by atoms with E-state index in [9.17, 15) is 17.6 Å². The van der Waals surface area contributed by atoms with Gasteiger partial charge in [0.05, 0.1) is 13.5 Å². The minimum absolute atomic E-state index is 0.140. The Hall–Kier alpha value is -1.67. The summed E-state index contributed by atoms with van der Waals surface area (Å²) in [7, 11) is -2.86. The average Bonchev–Trinajstić information content (AvgIpc) is 2.33. The van der Waals surface area contributed by atoms with Crippen LogP contribution in [0, 0.1) is 12.7 Å². The quantitative estimate of drug-likeness (QED) is 0.610. The lowest BCUT2D eigenvalue weighted by Gasteiger charge is -2.09. The van der Waals surface area contributed by atoms with Gasteiger partial charge in [0.2, 0.25) is 10.0 Å². The molecule has 0 atom stereocenters. The minimum atomic E-state index is -4.05. The van der Waals surface area contributed by atoms with Crippen LogP contribution < -0.4 is 10.5 Å². The van der Waals surface area contributed by atoms with Crippen LogP contribution >= 0.6 is 0 Å². The van der Waals surface area contributed by atoms with Crippen molar-refractivity contribution in [3.63, 3.8) is 0 Å². The molecule has 19 heavy (non-hydrogen) atoms. The highest BCUT2D eigenvalue weighted by Gasteiger charge is 2.20. The number of ether oxygens (including phenoxy) is 1. The molecule has 0 unspecified atom stereocenters. The second kappa shape index (κ2) is 5.98. The van der Waals surface area contributed by atoms with Gasteiger partial charge in [0.15, 0.2) is 0 Å². The lowest BCUT2D eigenvalue weighted by atomic mass is 10.2. The van der Waals surface area contributed by atoms with E-state index in [0.717, 1.165) is 12.1 Å². The van der Waals surface area contributed by atoms with Crippen LogP contribution in [0.3, 0.4) is 0 Å². The van der Waals surface area contributed by atoms with Crippen LogP contribution in [0.15, 0.2) is 17.0 Å². The van der Waals surface area contributed by atoms with Gasteiger partial charge in [-0.25, -0.2) is 17.5 Å². The Morgan fingerprint density at radius 3 is 2.68 bits per heavy atom. The van der Waals surface area contributed by atoms with E-state index in [1.165, 1.54) is 7.11 Å². The van der Waals surface area contributed by atoms with Crippen molar-refractivity contribution in [1.29, 1.82) is 0 Å². The van der Waals surface area contributed by atoms with Gasteiger partial charge in [0.1, 0.15) is 10.7 Å². The maximum Gasteiger partial charge on any atom is 0.306 e. The van der Waals surface area contributed by atoms with Crippen molar-refractivity contribution in [2.45, 2.75) is 18.2 Å². The van der Waals surface area contributed by atoms with Crippen LogP contribution in [0.2, 0.25) is 0 Å². The summed E-state index contributed by atoms with van der Waals surface area (Å²) in [6.45, 7) is 1.39. The molecule has 0 amide bonds. The van der Waals surface area contributed by atoms with E-state index in [1.807, 2.05) is 0 Å². The first-order valence-corrected chi connectivity index (χ1v) is 6.88. The first-order chi connectivity index (χ1) is 8.77. The normalized spacial score (nSPS) is 11.3. The largest absolute Gasteiger partial charge is 0.469 e. The Balaban J connectivity index is 2.89. The molecule has 0 fully saturated rings. The van der Waals surface area contributed by atoms with Crippen molar-refractivity contribution in [3.8, 4) is 0 Å². The lowest BCUT2D eigenvalue weighted by Crippen LogP contribution is -2.27. The molecular weight excluding hydrogens is 275 g/mol. The molecule has 106 valence electrons. The predicted octanol–water partition coefficient (Wildman–Crippen LogP) is 0.558. The van der Waals surface area contributed by atoms with E-state index in [-0.39, 0.29) is 18.7 Å². The van der Waals surface area contributed by atoms with Crippen LogP contribution in [0.1, 0.15) is 12.0 Å². The summed E-state index contributed by atoms with van der Waals surface area (Å²) in [5.74, 6) is -1.45. The molecule has 0 heterocycles. The molecule has 0 spiro atoms. The van der Waals surface area contributed by atoms with Gasteiger partial charge in [-0.05, 0) is 24.6 Å². The highest BCUT2D eigenvalue weighted by atomic mass is 32.2. The Morgan fingerprint density at radius 2 is 2.11 bits per heavy atom. The summed E-state index contributed by atoms with van der Waals surface area (Å²) in [6, 6.07) is 2.09. The third kappa shape index (κ3) is 3.90. The number of hydrogen-bond donors (Lipinski definition) is 2. The zero-order valence-electron chi connectivity index (χ0n) is 10.6. The number of nitrogens with one attached hydrogen (secondary N) is 1. The van der Waals surface area contributed by atoms with Gasteiger partial charge >= 0.3 is 5.97 Å². The van der Waals surface area contributed by atoms with Crippen LogP contribution in [0.4, 0.5) is 10.1 Å². The molecule has 1 aromatic carbocycles. The molecule has 0 aliphatic carbocycles. The summed E-state index contributed by atoms with van der Waals surface area (Å²) >= 11 is 0. The van der Waals surface area contributed by atoms with Gasteiger partial charge in [-0.1, -0.05) is 0 Å². The predicted molar refractivity (Wildman–Crippen MR) is 67.4 cm³/mol. The summed E-state index contributed by atoms with van der Waals surface area (Å²) in [4.78, 5) is 10.3. The number of methoxy groups -OCH3 is 1. The lowest BCUT2D eigenvalue weighted by molar-refractivity contribution is -0.140. The third-order valence-corrected chi connectivity index (χ3v) is 3.93. The smallest absolute Gasteiger partial charge is 0.306 e. The number of esters is 1. The van der Waals surface area contributed by atoms with Crippen LogP contribution in [0.5, 0.6) is 0 Å². The Labute approximate surface area is 110 Å². The SMILES string of the molecule is COC(=O)CCNS(=O)(=O)c1cc(N)c(C)cc1F. The van der Waals surface area contributed by atoms with Crippen LogP contribution in [-0.4, -0.2) is 28.0 Å². The summed E-state index contributed by atoms with van der Waals surface area (Å²) < 4.78 is 43.7. The second-order valence-electron chi connectivity index (χ2n) is 3.86. The molecule has 6 nitrogen and oxygen atoms in total. The number of benzene rings is 1. The molecule has 0 aromatic heterocycles. The van der Waals surface area contributed by atoms with E-state index in [1.54, 1.807) is 6.92 Å². The molecule has 3 N–H and O–H groups in total. The molecule has 0 bridgehead atoms. The highest BCUT2D eigenvalue weighted by Crippen LogP contribution is 2.21. The third-order valence-electron chi connectivity index (χ3n) is 2.46. The van der Waals surface area contributed by atoms with Gasteiger partial charge in [-0.15, -0.1) is 0 Å². The molecule has 0 saturated heterocycles. The van der Waals surface area contributed by atoms with Crippen molar-refractivity contribution < 1.29 is 22.3 Å². The van der Waals surface area contributed by atoms with E-state index in [2.05, 4.69) is 9.46 Å². The fourth-order valence-corrected chi connectivity index (χ4v) is 2.47. The molecule has 1 rings (SSSR count).